The minimum atomic E-state index is -1.33. The largest absolute Gasteiger partial charge is 0.477 e. The number of aromatic amines is 1. The molecule has 9 nitrogen and oxygen atoms in total. The molecule has 0 atom stereocenters. The van der Waals surface area contributed by atoms with Gasteiger partial charge in [0.25, 0.3) is 11.6 Å². The van der Waals surface area contributed by atoms with E-state index in [4.69, 9.17) is 5.11 Å². The maximum atomic E-state index is 11.9. The Hall–Kier alpha value is -3.23. The summed E-state index contributed by atoms with van der Waals surface area (Å²) in [6.45, 7) is 1.57. The molecule has 9 heteroatoms. The average Bonchev–Trinajstić information content (AvgIpc) is 2.90. The van der Waals surface area contributed by atoms with Crippen molar-refractivity contribution in [3.8, 4) is 0 Å². The number of carbonyl (C=O) groups is 2. The number of aryl methyl sites for hydroxylation is 1. The molecule has 2 rings (SSSR count). The Labute approximate surface area is 117 Å². The van der Waals surface area contributed by atoms with Crippen LogP contribution in [-0.4, -0.2) is 31.9 Å². The van der Waals surface area contributed by atoms with Crippen LogP contribution in [0.15, 0.2) is 24.5 Å². The van der Waals surface area contributed by atoms with Crippen molar-refractivity contribution < 1.29 is 19.6 Å². The van der Waals surface area contributed by atoms with Crippen molar-refractivity contribution in [1.82, 2.24) is 9.97 Å². The highest BCUT2D eigenvalue weighted by Crippen LogP contribution is 2.22. The zero-order valence-corrected chi connectivity index (χ0v) is 10.8. The quantitative estimate of drug-likeness (QED) is 0.577. The van der Waals surface area contributed by atoms with Crippen molar-refractivity contribution in [3.63, 3.8) is 0 Å². The van der Waals surface area contributed by atoms with Crippen molar-refractivity contribution in [3.05, 3.63) is 51.6 Å². The second kappa shape index (κ2) is 5.41. The number of carbonyl (C=O) groups excluding carboxylic acids is 1. The molecule has 0 bridgehead atoms. The van der Waals surface area contributed by atoms with Crippen molar-refractivity contribution >= 4 is 23.3 Å². The maximum absolute atomic E-state index is 11.9. The number of aromatic carboxylic acids is 1. The molecule has 0 saturated heterocycles. The first kappa shape index (κ1) is 14.2. The first-order valence-corrected chi connectivity index (χ1v) is 5.73. The molecule has 0 aliphatic rings. The number of aromatic nitrogens is 2. The van der Waals surface area contributed by atoms with Crippen LogP contribution in [0.1, 0.15) is 26.5 Å². The van der Waals surface area contributed by atoms with Crippen LogP contribution in [0.25, 0.3) is 0 Å². The molecule has 0 unspecified atom stereocenters. The Morgan fingerprint density at radius 2 is 2.14 bits per heavy atom. The SMILES string of the molecule is Cc1ccc(NC(=O)c2nc[nH]c2C(=O)O)cc1[N+](=O)[O-]. The van der Waals surface area contributed by atoms with Gasteiger partial charge in [-0.05, 0) is 13.0 Å². The summed E-state index contributed by atoms with van der Waals surface area (Å²) >= 11 is 0. The number of nitro benzene ring substituents is 1. The Morgan fingerprint density at radius 3 is 2.76 bits per heavy atom. The Bertz CT molecular complexity index is 737. The molecule has 21 heavy (non-hydrogen) atoms. The van der Waals surface area contributed by atoms with E-state index in [0.29, 0.717) is 5.56 Å². The van der Waals surface area contributed by atoms with Crippen molar-refractivity contribution in [1.29, 1.82) is 0 Å². The van der Waals surface area contributed by atoms with Crippen LogP contribution >= 0.6 is 0 Å². The first-order valence-electron chi connectivity index (χ1n) is 5.73. The van der Waals surface area contributed by atoms with Gasteiger partial charge < -0.3 is 15.4 Å². The summed E-state index contributed by atoms with van der Waals surface area (Å²) in [7, 11) is 0. The van der Waals surface area contributed by atoms with Gasteiger partial charge in [-0.15, -0.1) is 0 Å². The predicted octanol–water partition coefficient (Wildman–Crippen LogP) is 1.58. The minimum absolute atomic E-state index is 0.145. The summed E-state index contributed by atoms with van der Waals surface area (Å²) in [6.07, 6.45) is 1.08. The fourth-order valence-electron chi connectivity index (χ4n) is 1.70. The van der Waals surface area contributed by atoms with Crippen LogP contribution in [-0.2, 0) is 0 Å². The minimum Gasteiger partial charge on any atom is -0.477 e. The molecular formula is C12H10N4O5. The van der Waals surface area contributed by atoms with E-state index in [1.165, 1.54) is 18.2 Å². The highest BCUT2D eigenvalue weighted by Gasteiger charge is 2.20. The van der Waals surface area contributed by atoms with Crippen molar-refractivity contribution in [2.45, 2.75) is 6.92 Å². The number of imidazole rings is 1. The molecule has 0 radical (unpaired) electrons. The number of hydrogen-bond acceptors (Lipinski definition) is 5. The molecule has 1 aromatic heterocycles. The van der Waals surface area contributed by atoms with Crippen LogP contribution in [0.3, 0.4) is 0 Å². The van der Waals surface area contributed by atoms with E-state index < -0.39 is 16.8 Å². The smallest absolute Gasteiger partial charge is 0.354 e. The van der Waals surface area contributed by atoms with E-state index in [-0.39, 0.29) is 22.8 Å². The fraction of sp³-hybridized carbons (Fsp3) is 0.0833. The van der Waals surface area contributed by atoms with Crippen LogP contribution in [0.2, 0.25) is 0 Å². The molecule has 1 amide bonds. The number of carboxylic acid groups (broad SMARTS) is 1. The van der Waals surface area contributed by atoms with Gasteiger partial charge in [0, 0.05) is 17.3 Å². The van der Waals surface area contributed by atoms with E-state index in [2.05, 4.69) is 15.3 Å². The zero-order chi connectivity index (χ0) is 15.6. The number of carboxylic acids is 1. The molecule has 0 spiro atoms. The summed E-state index contributed by atoms with van der Waals surface area (Å²) in [5, 5.41) is 22.1. The first-order chi connectivity index (χ1) is 9.90. The third-order valence-electron chi connectivity index (χ3n) is 2.73. The van der Waals surface area contributed by atoms with E-state index in [1.807, 2.05) is 0 Å². The number of hydrogen-bond donors (Lipinski definition) is 3. The highest BCUT2D eigenvalue weighted by molar-refractivity contribution is 6.08. The lowest BCUT2D eigenvalue weighted by atomic mass is 10.2. The number of amides is 1. The van der Waals surface area contributed by atoms with Gasteiger partial charge in [-0.25, -0.2) is 9.78 Å². The average molecular weight is 290 g/mol. The molecule has 0 aliphatic heterocycles. The van der Waals surface area contributed by atoms with E-state index in [1.54, 1.807) is 6.92 Å². The normalized spacial score (nSPS) is 10.1. The van der Waals surface area contributed by atoms with Gasteiger partial charge in [-0.2, -0.15) is 0 Å². The standard InChI is InChI=1S/C12H10N4O5/c1-6-2-3-7(4-8(6)16(20)21)15-11(17)9-10(12(18)19)14-5-13-9/h2-5H,1H3,(H,13,14)(H,15,17)(H,18,19). The molecule has 1 heterocycles. The number of anilines is 1. The molecule has 3 N–H and O–H groups in total. The Balaban J connectivity index is 2.28. The van der Waals surface area contributed by atoms with E-state index in [0.717, 1.165) is 6.33 Å². The maximum Gasteiger partial charge on any atom is 0.354 e. The van der Waals surface area contributed by atoms with Crippen molar-refractivity contribution in [2.24, 2.45) is 0 Å². The number of nitrogens with one attached hydrogen (secondary N) is 2. The lowest BCUT2D eigenvalue weighted by Gasteiger charge is -2.05. The van der Waals surface area contributed by atoms with Crippen LogP contribution in [0, 0.1) is 17.0 Å². The summed E-state index contributed by atoms with van der Waals surface area (Å²) in [5.74, 6) is -2.10. The van der Waals surface area contributed by atoms with Gasteiger partial charge in [0.15, 0.2) is 11.4 Å². The van der Waals surface area contributed by atoms with Gasteiger partial charge >= 0.3 is 5.97 Å². The molecule has 2 aromatic rings. The van der Waals surface area contributed by atoms with Crippen molar-refractivity contribution in [2.75, 3.05) is 5.32 Å². The molecular weight excluding hydrogens is 280 g/mol. The number of nitro groups is 1. The summed E-state index contributed by atoms with van der Waals surface area (Å²) in [6, 6.07) is 4.16. The second-order valence-corrected chi connectivity index (χ2v) is 4.14. The predicted molar refractivity (Wildman–Crippen MR) is 71.3 cm³/mol. The number of nitrogens with zero attached hydrogens (tertiary/aromatic N) is 2. The lowest BCUT2D eigenvalue weighted by Crippen LogP contribution is -2.16. The summed E-state index contributed by atoms with van der Waals surface area (Å²) < 4.78 is 0. The number of benzene rings is 1. The lowest BCUT2D eigenvalue weighted by molar-refractivity contribution is -0.385. The Morgan fingerprint density at radius 1 is 1.43 bits per heavy atom. The molecule has 0 aliphatic carbocycles. The van der Waals surface area contributed by atoms with E-state index in [9.17, 15) is 19.7 Å². The third-order valence-corrected chi connectivity index (χ3v) is 2.73. The zero-order valence-electron chi connectivity index (χ0n) is 10.8. The fourth-order valence-corrected chi connectivity index (χ4v) is 1.70. The Kier molecular flexibility index (Phi) is 3.65. The van der Waals surface area contributed by atoms with Crippen LogP contribution in [0.4, 0.5) is 11.4 Å². The third kappa shape index (κ3) is 2.86. The number of rotatable bonds is 4. The summed E-state index contributed by atoms with van der Waals surface area (Å²) in [4.78, 5) is 39.0. The molecule has 0 fully saturated rings. The van der Waals surface area contributed by atoms with Crippen LogP contribution < -0.4 is 5.32 Å². The second-order valence-electron chi connectivity index (χ2n) is 4.14. The van der Waals surface area contributed by atoms with Crippen LogP contribution in [0.5, 0.6) is 0 Å². The molecule has 108 valence electrons. The van der Waals surface area contributed by atoms with Gasteiger partial charge in [0.1, 0.15) is 0 Å². The molecule has 1 aromatic carbocycles. The highest BCUT2D eigenvalue weighted by atomic mass is 16.6. The van der Waals surface area contributed by atoms with Gasteiger partial charge in [-0.3, -0.25) is 14.9 Å². The van der Waals surface area contributed by atoms with Gasteiger partial charge in [0.2, 0.25) is 0 Å². The number of H-pyrrole nitrogens is 1. The van der Waals surface area contributed by atoms with Gasteiger partial charge in [-0.1, -0.05) is 6.07 Å². The van der Waals surface area contributed by atoms with Gasteiger partial charge in [0.05, 0.1) is 11.3 Å². The molecule has 0 saturated carbocycles. The topological polar surface area (TPSA) is 138 Å². The summed E-state index contributed by atoms with van der Waals surface area (Å²) in [5.41, 5.74) is -0.172. The van der Waals surface area contributed by atoms with E-state index >= 15 is 0 Å². The monoisotopic (exact) mass is 290 g/mol.